The van der Waals surface area contributed by atoms with Crippen LogP contribution < -0.4 is 5.32 Å². The quantitative estimate of drug-likeness (QED) is 0.604. The zero-order chi connectivity index (χ0) is 12.0. The third-order valence-corrected chi connectivity index (χ3v) is 3.15. The molecule has 0 radical (unpaired) electrons. The highest BCUT2D eigenvalue weighted by molar-refractivity contribution is 4.85. The van der Waals surface area contributed by atoms with E-state index in [1.165, 1.54) is 12.8 Å². The molecule has 4 heteroatoms. The summed E-state index contributed by atoms with van der Waals surface area (Å²) in [5, 5.41) is 12.8. The van der Waals surface area contributed by atoms with Crippen LogP contribution in [-0.4, -0.2) is 61.5 Å². The maximum atomic E-state index is 9.55. The molecule has 2 N–H and O–H groups in total. The van der Waals surface area contributed by atoms with Crippen molar-refractivity contribution in [3.05, 3.63) is 0 Å². The summed E-state index contributed by atoms with van der Waals surface area (Å²) in [6, 6.07) is 1.33. The van der Waals surface area contributed by atoms with Crippen molar-refractivity contribution in [3.8, 4) is 0 Å². The van der Waals surface area contributed by atoms with Crippen molar-refractivity contribution in [2.45, 2.75) is 44.9 Å². The molecule has 1 rings (SSSR count). The molecule has 0 aromatic carbocycles. The van der Waals surface area contributed by atoms with Gasteiger partial charge in [0, 0.05) is 31.8 Å². The van der Waals surface area contributed by atoms with Gasteiger partial charge in [-0.1, -0.05) is 0 Å². The Morgan fingerprint density at radius 2 is 2.12 bits per heavy atom. The molecule has 0 heterocycles. The van der Waals surface area contributed by atoms with Crippen molar-refractivity contribution < 1.29 is 9.84 Å². The Hall–Kier alpha value is -0.160. The van der Waals surface area contributed by atoms with Gasteiger partial charge < -0.3 is 15.2 Å². The predicted octanol–water partition coefficient (Wildman–Crippen LogP) is 0.456. The lowest BCUT2D eigenvalue weighted by Gasteiger charge is -2.25. The maximum absolute atomic E-state index is 9.55. The molecule has 0 amide bonds. The van der Waals surface area contributed by atoms with Gasteiger partial charge in [-0.2, -0.15) is 0 Å². The van der Waals surface area contributed by atoms with Crippen molar-refractivity contribution >= 4 is 0 Å². The zero-order valence-electron chi connectivity index (χ0n) is 10.8. The molecule has 1 fully saturated rings. The molecule has 1 saturated carbocycles. The van der Waals surface area contributed by atoms with Gasteiger partial charge in [0.25, 0.3) is 0 Å². The van der Waals surface area contributed by atoms with Crippen LogP contribution in [0.15, 0.2) is 0 Å². The molecule has 4 nitrogen and oxygen atoms in total. The number of aliphatic hydroxyl groups is 1. The first-order valence-electron chi connectivity index (χ1n) is 6.33. The van der Waals surface area contributed by atoms with Crippen LogP contribution >= 0.6 is 0 Å². The van der Waals surface area contributed by atoms with Gasteiger partial charge in [-0.05, 0) is 33.7 Å². The monoisotopic (exact) mass is 230 g/mol. The van der Waals surface area contributed by atoms with Crippen molar-refractivity contribution in [1.82, 2.24) is 10.2 Å². The summed E-state index contributed by atoms with van der Waals surface area (Å²) in [6.45, 7) is 6.79. The fourth-order valence-corrected chi connectivity index (χ4v) is 1.76. The second kappa shape index (κ2) is 7.22. The van der Waals surface area contributed by atoms with E-state index in [1.807, 2.05) is 6.92 Å². The SMILES string of the molecule is CCOCC(O)CNCC(C)N(C)C1CC1. The average Bonchev–Trinajstić information content (AvgIpc) is 3.08. The number of aliphatic hydroxyl groups excluding tert-OH is 1. The first kappa shape index (κ1) is 13.9. The minimum absolute atomic E-state index is 0.390. The van der Waals surface area contributed by atoms with Crippen LogP contribution in [0, 0.1) is 0 Å². The molecule has 1 aliphatic carbocycles. The van der Waals surface area contributed by atoms with E-state index in [2.05, 4.69) is 24.2 Å². The molecular weight excluding hydrogens is 204 g/mol. The molecule has 0 bridgehead atoms. The largest absolute Gasteiger partial charge is 0.389 e. The summed E-state index contributed by atoms with van der Waals surface area (Å²) in [4.78, 5) is 2.42. The van der Waals surface area contributed by atoms with Gasteiger partial charge in [0.15, 0.2) is 0 Å². The Bertz CT molecular complexity index is 186. The first-order chi connectivity index (χ1) is 7.65. The fraction of sp³-hybridized carbons (Fsp3) is 1.00. The van der Waals surface area contributed by atoms with Crippen LogP contribution in [0.3, 0.4) is 0 Å². The van der Waals surface area contributed by atoms with Gasteiger partial charge in [0.2, 0.25) is 0 Å². The minimum Gasteiger partial charge on any atom is -0.389 e. The summed E-state index contributed by atoms with van der Waals surface area (Å²) in [7, 11) is 2.18. The van der Waals surface area contributed by atoms with Gasteiger partial charge in [-0.3, -0.25) is 4.90 Å². The Kier molecular flexibility index (Phi) is 6.28. The Morgan fingerprint density at radius 3 is 2.69 bits per heavy atom. The van der Waals surface area contributed by atoms with E-state index < -0.39 is 6.10 Å². The molecule has 0 saturated heterocycles. The smallest absolute Gasteiger partial charge is 0.0897 e. The third-order valence-electron chi connectivity index (χ3n) is 3.15. The predicted molar refractivity (Wildman–Crippen MR) is 65.6 cm³/mol. The first-order valence-corrected chi connectivity index (χ1v) is 6.33. The normalized spacial score (nSPS) is 20.1. The van der Waals surface area contributed by atoms with E-state index in [0.29, 0.717) is 25.8 Å². The van der Waals surface area contributed by atoms with Crippen LogP contribution in [-0.2, 0) is 4.74 Å². The second-order valence-corrected chi connectivity index (χ2v) is 4.72. The van der Waals surface area contributed by atoms with Crippen LogP contribution in [0.1, 0.15) is 26.7 Å². The highest BCUT2D eigenvalue weighted by atomic mass is 16.5. The van der Waals surface area contributed by atoms with Crippen molar-refractivity contribution in [2.24, 2.45) is 0 Å². The van der Waals surface area contributed by atoms with Crippen LogP contribution in [0.2, 0.25) is 0 Å². The van der Waals surface area contributed by atoms with Gasteiger partial charge in [-0.25, -0.2) is 0 Å². The molecule has 1 aliphatic rings. The van der Waals surface area contributed by atoms with E-state index in [1.54, 1.807) is 0 Å². The highest BCUT2D eigenvalue weighted by Gasteiger charge is 2.28. The summed E-state index contributed by atoms with van der Waals surface area (Å²) >= 11 is 0. The van der Waals surface area contributed by atoms with Crippen molar-refractivity contribution in [2.75, 3.05) is 33.4 Å². The summed E-state index contributed by atoms with van der Waals surface area (Å²) in [6.07, 6.45) is 2.29. The molecule has 0 aliphatic heterocycles. The maximum Gasteiger partial charge on any atom is 0.0897 e. The number of nitrogens with zero attached hydrogens (tertiary/aromatic N) is 1. The number of rotatable bonds is 9. The van der Waals surface area contributed by atoms with Crippen LogP contribution in [0.25, 0.3) is 0 Å². The third kappa shape index (κ3) is 5.25. The molecule has 16 heavy (non-hydrogen) atoms. The molecule has 96 valence electrons. The van der Waals surface area contributed by atoms with E-state index in [-0.39, 0.29) is 0 Å². The van der Waals surface area contributed by atoms with E-state index in [4.69, 9.17) is 4.74 Å². The van der Waals surface area contributed by atoms with E-state index >= 15 is 0 Å². The number of ether oxygens (including phenoxy) is 1. The lowest BCUT2D eigenvalue weighted by atomic mass is 10.2. The Morgan fingerprint density at radius 1 is 1.44 bits per heavy atom. The van der Waals surface area contributed by atoms with E-state index in [0.717, 1.165) is 12.6 Å². The van der Waals surface area contributed by atoms with Gasteiger partial charge >= 0.3 is 0 Å². The van der Waals surface area contributed by atoms with Crippen LogP contribution in [0.4, 0.5) is 0 Å². The molecule has 0 spiro atoms. The van der Waals surface area contributed by atoms with Crippen molar-refractivity contribution in [1.29, 1.82) is 0 Å². The topological polar surface area (TPSA) is 44.7 Å². The number of hydrogen-bond acceptors (Lipinski definition) is 4. The van der Waals surface area contributed by atoms with Gasteiger partial charge in [0.1, 0.15) is 0 Å². The number of likely N-dealkylation sites (N-methyl/N-ethyl adjacent to an activating group) is 1. The number of nitrogens with one attached hydrogen (secondary N) is 1. The molecule has 2 unspecified atom stereocenters. The fourth-order valence-electron chi connectivity index (χ4n) is 1.76. The second-order valence-electron chi connectivity index (χ2n) is 4.72. The minimum atomic E-state index is -0.390. The molecule has 2 atom stereocenters. The highest BCUT2D eigenvalue weighted by Crippen LogP contribution is 2.26. The lowest BCUT2D eigenvalue weighted by molar-refractivity contribution is 0.0420. The van der Waals surface area contributed by atoms with Crippen LogP contribution in [0.5, 0.6) is 0 Å². The lowest BCUT2D eigenvalue weighted by Crippen LogP contribution is -2.41. The molecular formula is C12H26N2O2. The Labute approximate surface area is 99.0 Å². The standard InChI is InChI=1S/C12H26N2O2/c1-4-16-9-12(15)8-13-7-10(2)14(3)11-5-6-11/h10-13,15H,4-9H2,1-3H3. The Balaban J connectivity index is 2.00. The van der Waals surface area contributed by atoms with Gasteiger partial charge in [0.05, 0.1) is 12.7 Å². The summed E-state index contributed by atoms with van der Waals surface area (Å²) < 4.78 is 5.15. The zero-order valence-corrected chi connectivity index (χ0v) is 10.8. The molecule has 0 aromatic rings. The van der Waals surface area contributed by atoms with Gasteiger partial charge in [-0.15, -0.1) is 0 Å². The average molecular weight is 230 g/mol. The summed E-state index contributed by atoms with van der Waals surface area (Å²) in [5.74, 6) is 0. The van der Waals surface area contributed by atoms with E-state index in [9.17, 15) is 5.11 Å². The number of hydrogen-bond donors (Lipinski definition) is 2. The van der Waals surface area contributed by atoms with Crippen molar-refractivity contribution in [3.63, 3.8) is 0 Å². The molecule has 0 aromatic heterocycles. The summed E-state index contributed by atoms with van der Waals surface area (Å²) in [5.41, 5.74) is 0.